The van der Waals surface area contributed by atoms with Crippen LogP contribution in [0.3, 0.4) is 0 Å². The highest BCUT2D eigenvalue weighted by molar-refractivity contribution is 14.0. The maximum atomic E-state index is 12.8. The topological polar surface area (TPSA) is 48.7 Å². The lowest BCUT2D eigenvalue weighted by molar-refractivity contribution is -0.181. The van der Waals surface area contributed by atoms with E-state index in [2.05, 4.69) is 15.4 Å². The second kappa shape index (κ2) is 9.60. The van der Waals surface area contributed by atoms with E-state index in [9.17, 15) is 13.2 Å². The molecule has 1 atom stereocenters. The van der Waals surface area contributed by atoms with Gasteiger partial charge in [0.2, 0.25) is 0 Å². The summed E-state index contributed by atoms with van der Waals surface area (Å²) in [4.78, 5) is 7.71. The smallest absolute Gasteiger partial charge is 0.356 e. The highest BCUT2D eigenvalue weighted by Gasteiger charge is 2.41. The number of hydrogen-bond acceptors (Lipinski definition) is 3. The normalized spacial score (nSPS) is 18.0. The van der Waals surface area contributed by atoms with Crippen LogP contribution in [0.2, 0.25) is 0 Å². The largest absolute Gasteiger partial charge is 0.403 e. The number of alkyl halides is 3. The molecule has 1 aliphatic rings. The SMILES string of the molecule is CN=C(NCCc1cnn(C)c1)N1CCN(C(C)C(F)(F)F)CC1.I. The molecule has 1 aromatic heterocycles. The van der Waals surface area contributed by atoms with Gasteiger partial charge in [0, 0.05) is 53.0 Å². The van der Waals surface area contributed by atoms with E-state index in [4.69, 9.17) is 0 Å². The van der Waals surface area contributed by atoms with Crippen LogP contribution in [0.4, 0.5) is 13.2 Å². The number of nitrogens with one attached hydrogen (secondary N) is 1. The quantitative estimate of drug-likeness (QED) is 0.411. The number of piperazine rings is 1. The molecule has 0 saturated carbocycles. The molecule has 1 aromatic rings. The number of aromatic nitrogens is 2. The number of rotatable bonds is 4. The third-order valence-corrected chi connectivity index (χ3v) is 4.30. The van der Waals surface area contributed by atoms with E-state index in [0.29, 0.717) is 32.7 Å². The summed E-state index contributed by atoms with van der Waals surface area (Å²) in [6, 6.07) is -1.40. The van der Waals surface area contributed by atoms with Crippen LogP contribution in [0.5, 0.6) is 0 Å². The summed E-state index contributed by atoms with van der Waals surface area (Å²) in [5, 5.41) is 7.39. The fraction of sp³-hybridized carbons (Fsp3) is 0.733. The van der Waals surface area contributed by atoms with E-state index >= 15 is 0 Å². The third kappa shape index (κ3) is 6.32. The predicted molar refractivity (Wildman–Crippen MR) is 102 cm³/mol. The van der Waals surface area contributed by atoms with Gasteiger partial charge in [-0.25, -0.2) is 0 Å². The van der Waals surface area contributed by atoms with Gasteiger partial charge in [-0.05, 0) is 18.9 Å². The van der Waals surface area contributed by atoms with Gasteiger partial charge in [0.15, 0.2) is 5.96 Å². The van der Waals surface area contributed by atoms with Crippen LogP contribution in [0.25, 0.3) is 0 Å². The Balaban J connectivity index is 0.00000312. The molecule has 0 amide bonds. The molecule has 0 radical (unpaired) electrons. The monoisotopic (exact) mass is 474 g/mol. The van der Waals surface area contributed by atoms with Crippen molar-refractivity contribution in [3.05, 3.63) is 18.0 Å². The van der Waals surface area contributed by atoms with E-state index < -0.39 is 12.2 Å². The lowest BCUT2D eigenvalue weighted by Gasteiger charge is -2.39. The molecule has 2 heterocycles. The molecule has 1 fully saturated rings. The fourth-order valence-corrected chi connectivity index (χ4v) is 2.78. The molecule has 0 spiro atoms. The Bertz CT molecular complexity index is 552. The van der Waals surface area contributed by atoms with Crippen LogP contribution in [0.1, 0.15) is 12.5 Å². The Labute approximate surface area is 163 Å². The van der Waals surface area contributed by atoms with Crippen molar-refractivity contribution < 1.29 is 13.2 Å². The number of aliphatic imine (C=N–C) groups is 1. The summed E-state index contributed by atoms with van der Waals surface area (Å²) in [6.07, 6.45) is 0.424. The molecule has 0 bridgehead atoms. The first-order valence-corrected chi connectivity index (χ1v) is 8.05. The molecular formula is C15H26F3IN6. The van der Waals surface area contributed by atoms with Crippen molar-refractivity contribution in [1.29, 1.82) is 0 Å². The third-order valence-electron chi connectivity index (χ3n) is 4.30. The van der Waals surface area contributed by atoms with E-state index in [1.807, 2.05) is 24.3 Å². The van der Waals surface area contributed by atoms with E-state index in [1.54, 1.807) is 11.7 Å². The molecule has 0 aromatic carbocycles. The van der Waals surface area contributed by atoms with Crippen LogP contribution in [-0.2, 0) is 13.5 Å². The minimum Gasteiger partial charge on any atom is -0.356 e. The first-order valence-electron chi connectivity index (χ1n) is 8.05. The molecular weight excluding hydrogens is 448 g/mol. The zero-order valence-corrected chi connectivity index (χ0v) is 17.1. The van der Waals surface area contributed by atoms with E-state index in [-0.39, 0.29) is 24.0 Å². The van der Waals surface area contributed by atoms with Gasteiger partial charge in [-0.2, -0.15) is 18.3 Å². The summed E-state index contributed by atoms with van der Waals surface area (Å²) in [5.41, 5.74) is 1.13. The van der Waals surface area contributed by atoms with Crippen molar-refractivity contribution in [2.45, 2.75) is 25.6 Å². The second-order valence-electron chi connectivity index (χ2n) is 5.99. The van der Waals surface area contributed by atoms with Crippen molar-refractivity contribution in [2.24, 2.45) is 12.0 Å². The van der Waals surface area contributed by atoms with Gasteiger partial charge in [0.25, 0.3) is 0 Å². The van der Waals surface area contributed by atoms with Gasteiger partial charge < -0.3 is 10.2 Å². The molecule has 2 rings (SSSR count). The molecule has 10 heteroatoms. The lowest BCUT2D eigenvalue weighted by Crippen LogP contribution is -2.56. The highest BCUT2D eigenvalue weighted by atomic mass is 127. The molecule has 144 valence electrons. The van der Waals surface area contributed by atoms with Crippen LogP contribution in [0, 0.1) is 0 Å². The van der Waals surface area contributed by atoms with Gasteiger partial charge in [-0.3, -0.25) is 14.6 Å². The lowest BCUT2D eigenvalue weighted by atomic mass is 10.2. The minimum atomic E-state index is -4.17. The number of aryl methyl sites for hydroxylation is 1. The molecule has 1 saturated heterocycles. The van der Waals surface area contributed by atoms with Gasteiger partial charge in [-0.1, -0.05) is 0 Å². The van der Waals surface area contributed by atoms with Gasteiger partial charge in [0.1, 0.15) is 6.04 Å². The first kappa shape index (κ1) is 22.0. The van der Waals surface area contributed by atoms with Crippen LogP contribution in [-0.4, -0.2) is 77.5 Å². The van der Waals surface area contributed by atoms with Gasteiger partial charge in [0.05, 0.1) is 6.20 Å². The number of halogens is 4. The second-order valence-corrected chi connectivity index (χ2v) is 5.99. The number of guanidine groups is 1. The molecule has 1 N–H and O–H groups in total. The Morgan fingerprint density at radius 3 is 2.44 bits per heavy atom. The van der Waals surface area contributed by atoms with Gasteiger partial charge in [-0.15, -0.1) is 24.0 Å². The summed E-state index contributed by atoms with van der Waals surface area (Å²) in [7, 11) is 3.56. The van der Waals surface area contributed by atoms with Crippen molar-refractivity contribution in [3.8, 4) is 0 Å². The maximum absolute atomic E-state index is 12.8. The maximum Gasteiger partial charge on any atom is 0.403 e. The Kier molecular flexibility index (Phi) is 8.45. The first-order chi connectivity index (χ1) is 11.3. The number of hydrogen-bond donors (Lipinski definition) is 1. The summed E-state index contributed by atoms with van der Waals surface area (Å²) in [5.74, 6) is 0.734. The standard InChI is InChI=1S/C15H25F3N6.HI/c1-12(15(16,17)18)23-6-8-24(9-7-23)14(19-2)20-5-4-13-10-21-22(3)11-13;/h10-12H,4-9H2,1-3H3,(H,19,20);1H. The highest BCUT2D eigenvalue weighted by Crippen LogP contribution is 2.25. The van der Waals surface area contributed by atoms with Crippen molar-refractivity contribution >= 4 is 29.9 Å². The fourth-order valence-electron chi connectivity index (χ4n) is 2.78. The molecule has 1 aliphatic heterocycles. The van der Waals surface area contributed by atoms with E-state index in [0.717, 1.165) is 17.9 Å². The van der Waals surface area contributed by atoms with Crippen LogP contribution >= 0.6 is 24.0 Å². The van der Waals surface area contributed by atoms with Crippen molar-refractivity contribution in [3.63, 3.8) is 0 Å². The zero-order valence-electron chi connectivity index (χ0n) is 14.8. The summed E-state index contributed by atoms with van der Waals surface area (Å²) < 4.78 is 40.1. The Morgan fingerprint density at radius 2 is 1.96 bits per heavy atom. The van der Waals surface area contributed by atoms with Crippen molar-refractivity contribution in [1.82, 2.24) is 24.9 Å². The average Bonchev–Trinajstić information content (AvgIpc) is 2.96. The van der Waals surface area contributed by atoms with Crippen LogP contribution < -0.4 is 5.32 Å². The predicted octanol–water partition coefficient (Wildman–Crippen LogP) is 1.72. The Morgan fingerprint density at radius 1 is 1.32 bits per heavy atom. The number of nitrogens with zero attached hydrogens (tertiary/aromatic N) is 5. The minimum absolute atomic E-state index is 0. The molecule has 6 nitrogen and oxygen atoms in total. The summed E-state index contributed by atoms with van der Waals surface area (Å²) >= 11 is 0. The van der Waals surface area contributed by atoms with Gasteiger partial charge >= 0.3 is 6.18 Å². The molecule has 25 heavy (non-hydrogen) atoms. The Hall–Kier alpha value is -1.04. The van der Waals surface area contributed by atoms with Crippen molar-refractivity contribution in [2.75, 3.05) is 39.8 Å². The zero-order chi connectivity index (χ0) is 17.7. The molecule has 1 unspecified atom stereocenters. The van der Waals surface area contributed by atoms with E-state index in [1.165, 1.54) is 11.8 Å². The summed E-state index contributed by atoms with van der Waals surface area (Å²) in [6.45, 7) is 3.75. The molecule has 0 aliphatic carbocycles. The van der Waals surface area contributed by atoms with Crippen LogP contribution in [0.15, 0.2) is 17.4 Å². The average molecular weight is 474 g/mol.